The number of benzene rings is 2. The molecule has 0 saturated carbocycles. The number of piperidine rings is 1. The number of fused-ring (bicyclic) bond motifs is 1. The van der Waals surface area contributed by atoms with Gasteiger partial charge in [-0.25, -0.2) is 0 Å². The van der Waals surface area contributed by atoms with E-state index in [4.69, 9.17) is 0 Å². The van der Waals surface area contributed by atoms with E-state index in [-0.39, 0.29) is 18.0 Å². The molecule has 0 N–H and O–H groups in total. The third-order valence-corrected chi connectivity index (χ3v) is 5.93. The highest BCUT2D eigenvalue weighted by molar-refractivity contribution is 6.04. The van der Waals surface area contributed by atoms with Gasteiger partial charge < -0.3 is 9.47 Å². The van der Waals surface area contributed by atoms with Crippen molar-refractivity contribution in [1.29, 1.82) is 5.26 Å². The van der Waals surface area contributed by atoms with Gasteiger partial charge in [-0.05, 0) is 56.0 Å². The van der Waals surface area contributed by atoms with Crippen molar-refractivity contribution in [3.05, 3.63) is 76.5 Å². The predicted molar refractivity (Wildman–Crippen MR) is 121 cm³/mol. The van der Waals surface area contributed by atoms with Gasteiger partial charge in [0.15, 0.2) is 0 Å². The van der Waals surface area contributed by atoms with Gasteiger partial charge in [-0.3, -0.25) is 4.79 Å². The van der Waals surface area contributed by atoms with Crippen LogP contribution in [0.25, 0.3) is 17.0 Å². The summed E-state index contributed by atoms with van der Waals surface area (Å²) in [6.07, 6.45) is 1.91. The molecule has 4 rings (SSSR count). The Kier molecular flexibility index (Phi) is 6.28. The van der Waals surface area contributed by atoms with Crippen molar-refractivity contribution in [1.82, 2.24) is 9.47 Å². The van der Waals surface area contributed by atoms with Crippen molar-refractivity contribution in [2.75, 3.05) is 13.1 Å². The van der Waals surface area contributed by atoms with Crippen LogP contribution in [-0.4, -0.2) is 28.5 Å². The SMILES string of the molecule is Cc1cc(Cn2cc(/C=C(\C#N)C(=O)N3CCCCC3)c3ccccc32)cc(C(F)(F)F)c1. The summed E-state index contributed by atoms with van der Waals surface area (Å²) < 4.78 is 41.7. The Balaban J connectivity index is 1.72. The minimum Gasteiger partial charge on any atom is -0.342 e. The lowest BCUT2D eigenvalue weighted by Gasteiger charge is -2.26. The quantitative estimate of drug-likeness (QED) is 0.364. The van der Waals surface area contributed by atoms with E-state index in [1.807, 2.05) is 34.9 Å². The fraction of sp³-hybridized carbons (Fsp3) is 0.308. The number of aryl methyl sites for hydroxylation is 1. The molecule has 0 bridgehead atoms. The van der Waals surface area contributed by atoms with E-state index in [2.05, 4.69) is 0 Å². The van der Waals surface area contributed by atoms with Crippen molar-refractivity contribution in [2.24, 2.45) is 0 Å². The number of nitriles is 1. The Morgan fingerprint density at radius 3 is 2.55 bits per heavy atom. The standard InChI is InChI=1S/C26H24F3N3O/c1-18-11-19(13-22(12-18)26(27,28)29)16-32-17-21(23-7-3-4-8-24(23)32)14-20(15-30)25(33)31-9-5-2-6-10-31/h3-4,7-8,11-14,17H,2,5-6,9-10,16H2,1H3/b20-14+. The largest absolute Gasteiger partial charge is 0.416 e. The molecule has 1 aliphatic rings. The molecule has 7 heteroatoms. The maximum atomic E-state index is 13.3. The lowest BCUT2D eigenvalue weighted by atomic mass is 10.1. The Morgan fingerprint density at radius 1 is 1.12 bits per heavy atom. The molecule has 0 radical (unpaired) electrons. The second-order valence-corrected chi connectivity index (χ2v) is 8.46. The minimum atomic E-state index is -4.41. The second kappa shape index (κ2) is 9.14. The van der Waals surface area contributed by atoms with E-state index in [1.165, 1.54) is 0 Å². The van der Waals surface area contributed by atoms with Crippen molar-refractivity contribution in [3.63, 3.8) is 0 Å². The highest BCUT2D eigenvalue weighted by atomic mass is 19.4. The molecule has 1 amide bonds. The van der Waals surface area contributed by atoms with Crippen LogP contribution in [0.4, 0.5) is 13.2 Å². The van der Waals surface area contributed by atoms with Crippen molar-refractivity contribution in [3.8, 4) is 6.07 Å². The number of para-hydroxylation sites is 1. The summed E-state index contributed by atoms with van der Waals surface area (Å²) in [5.74, 6) is -0.275. The maximum Gasteiger partial charge on any atom is 0.416 e. The first-order valence-corrected chi connectivity index (χ1v) is 10.9. The van der Waals surface area contributed by atoms with Crippen LogP contribution < -0.4 is 0 Å². The molecule has 1 fully saturated rings. The van der Waals surface area contributed by atoms with Crippen molar-refractivity contribution < 1.29 is 18.0 Å². The van der Waals surface area contributed by atoms with Gasteiger partial charge in [0.1, 0.15) is 11.6 Å². The highest BCUT2D eigenvalue weighted by Crippen LogP contribution is 2.31. The van der Waals surface area contributed by atoms with Crippen LogP contribution in [0.3, 0.4) is 0 Å². The van der Waals surface area contributed by atoms with Gasteiger partial charge in [-0.1, -0.05) is 29.8 Å². The minimum absolute atomic E-state index is 0.0646. The Hall–Kier alpha value is -3.53. The number of carbonyl (C=O) groups excluding carboxylic acids is 1. The van der Waals surface area contributed by atoms with Gasteiger partial charge in [-0.2, -0.15) is 18.4 Å². The number of carbonyl (C=O) groups is 1. The summed E-state index contributed by atoms with van der Waals surface area (Å²) in [7, 11) is 0. The molecule has 2 aromatic carbocycles. The summed E-state index contributed by atoms with van der Waals surface area (Å²) in [4.78, 5) is 14.6. The molecule has 0 unspecified atom stereocenters. The van der Waals surface area contributed by atoms with E-state index in [1.54, 1.807) is 30.2 Å². The zero-order chi connectivity index (χ0) is 23.6. The summed E-state index contributed by atoms with van der Waals surface area (Å²) in [6, 6.07) is 13.6. The summed E-state index contributed by atoms with van der Waals surface area (Å²) >= 11 is 0. The van der Waals surface area contributed by atoms with Gasteiger partial charge in [0, 0.05) is 42.3 Å². The first kappa shape index (κ1) is 22.7. The molecule has 1 saturated heterocycles. The van der Waals surface area contributed by atoms with Crippen LogP contribution in [0.5, 0.6) is 0 Å². The van der Waals surface area contributed by atoms with Crippen LogP contribution in [-0.2, 0) is 17.5 Å². The number of halogens is 3. The average Bonchev–Trinajstić information content (AvgIpc) is 3.14. The van der Waals surface area contributed by atoms with Crippen LogP contribution in [0, 0.1) is 18.3 Å². The molecule has 4 nitrogen and oxygen atoms in total. The highest BCUT2D eigenvalue weighted by Gasteiger charge is 2.31. The average molecular weight is 451 g/mol. The molecule has 0 spiro atoms. The van der Waals surface area contributed by atoms with E-state index in [0.29, 0.717) is 29.8 Å². The number of hydrogen-bond donors (Lipinski definition) is 0. The fourth-order valence-electron chi connectivity index (χ4n) is 4.40. The number of alkyl halides is 3. The number of aromatic nitrogens is 1. The number of rotatable bonds is 4. The van der Waals surface area contributed by atoms with E-state index >= 15 is 0 Å². The van der Waals surface area contributed by atoms with Gasteiger partial charge in [-0.15, -0.1) is 0 Å². The predicted octanol–water partition coefficient (Wildman–Crippen LogP) is 5.94. The Labute approximate surface area is 190 Å². The van der Waals surface area contributed by atoms with Crippen molar-refractivity contribution >= 4 is 22.9 Å². The van der Waals surface area contributed by atoms with E-state index in [0.717, 1.165) is 42.3 Å². The van der Waals surface area contributed by atoms with Gasteiger partial charge in [0.25, 0.3) is 5.91 Å². The zero-order valence-electron chi connectivity index (χ0n) is 18.3. The smallest absolute Gasteiger partial charge is 0.342 e. The second-order valence-electron chi connectivity index (χ2n) is 8.46. The molecule has 33 heavy (non-hydrogen) atoms. The molecule has 0 aliphatic carbocycles. The summed E-state index contributed by atoms with van der Waals surface area (Å²) in [6.45, 7) is 3.18. The molecule has 2 heterocycles. The summed E-state index contributed by atoms with van der Waals surface area (Å²) in [5.41, 5.74) is 1.97. The normalized spacial score (nSPS) is 15.0. The molecule has 1 aromatic heterocycles. The monoisotopic (exact) mass is 451 g/mol. The lowest BCUT2D eigenvalue weighted by Crippen LogP contribution is -2.36. The Bertz CT molecular complexity index is 1260. The number of amides is 1. The fourth-order valence-corrected chi connectivity index (χ4v) is 4.40. The Morgan fingerprint density at radius 2 is 1.85 bits per heavy atom. The molecule has 170 valence electrons. The molecular weight excluding hydrogens is 427 g/mol. The van der Waals surface area contributed by atoms with Gasteiger partial charge in [0.2, 0.25) is 0 Å². The first-order chi connectivity index (χ1) is 15.8. The molecule has 0 atom stereocenters. The lowest BCUT2D eigenvalue weighted by molar-refractivity contribution is -0.137. The number of nitrogens with zero attached hydrogens (tertiary/aromatic N) is 3. The molecule has 3 aromatic rings. The van der Waals surface area contributed by atoms with E-state index in [9.17, 15) is 23.2 Å². The number of likely N-dealkylation sites (tertiary alicyclic amines) is 1. The van der Waals surface area contributed by atoms with Crippen LogP contribution >= 0.6 is 0 Å². The van der Waals surface area contributed by atoms with Gasteiger partial charge >= 0.3 is 6.18 Å². The molecule has 1 aliphatic heterocycles. The van der Waals surface area contributed by atoms with Crippen LogP contribution in [0.2, 0.25) is 0 Å². The third-order valence-electron chi connectivity index (χ3n) is 5.93. The zero-order valence-corrected chi connectivity index (χ0v) is 18.3. The topological polar surface area (TPSA) is 49.0 Å². The maximum absolute atomic E-state index is 13.3. The number of hydrogen-bond acceptors (Lipinski definition) is 2. The van der Waals surface area contributed by atoms with Crippen LogP contribution in [0.1, 0.15) is 41.5 Å². The third kappa shape index (κ3) is 4.95. The van der Waals surface area contributed by atoms with E-state index < -0.39 is 11.7 Å². The van der Waals surface area contributed by atoms with Crippen molar-refractivity contribution in [2.45, 2.75) is 38.9 Å². The van der Waals surface area contributed by atoms with Crippen LogP contribution in [0.15, 0.2) is 54.2 Å². The summed E-state index contributed by atoms with van der Waals surface area (Å²) in [5, 5.41) is 10.5. The van der Waals surface area contributed by atoms with Gasteiger partial charge in [0.05, 0.1) is 5.56 Å². The first-order valence-electron chi connectivity index (χ1n) is 10.9. The molecular formula is C26H24F3N3O.